The molecule has 0 saturated heterocycles. The minimum atomic E-state index is -3.93. The van der Waals surface area contributed by atoms with Crippen LogP contribution >= 0.6 is 11.3 Å². The van der Waals surface area contributed by atoms with E-state index >= 15 is 0 Å². The van der Waals surface area contributed by atoms with Crippen LogP contribution in [-0.4, -0.2) is 35.1 Å². The average Bonchev–Trinajstić information content (AvgIpc) is 3.29. The zero-order valence-corrected chi connectivity index (χ0v) is 19.1. The monoisotopic (exact) mass is 460 g/mol. The van der Waals surface area contributed by atoms with E-state index in [-0.39, 0.29) is 16.3 Å². The lowest BCUT2D eigenvalue weighted by Gasteiger charge is -2.20. The number of thiophene rings is 1. The molecular formula is C22H24N2O5S2. The topological polar surface area (TPSA) is 84.9 Å². The van der Waals surface area contributed by atoms with Gasteiger partial charge in [0.1, 0.15) is 21.3 Å². The summed E-state index contributed by atoms with van der Waals surface area (Å²) in [7, 11) is -0.913. The van der Waals surface area contributed by atoms with Crippen molar-refractivity contribution in [3.8, 4) is 11.5 Å². The zero-order valence-electron chi connectivity index (χ0n) is 17.5. The fraction of sp³-hybridized carbons (Fsp3) is 0.227. The number of rotatable bonds is 9. The molecule has 0 saturated carbocycles. The molecule has 3 aromatic rings. The first kappa shape index (κ1) is 22.6. The summed E-state index contributed by atoms with van der Waals surface area (Å²) in [4.78, 5) is 12.9. The molecule has 1 aromatic heterocycles. The van der Waals surface area contributed by atoms with Gasteiger partial charge >= 0.3 is 0 Å². The molecule has 0 spiro atoms. The van der Waals surface area contributed by atoms with E-state index in [4.69, 9.17) is 9.47 Å². The Bertz CT molecular complexity index is 1140. The highest BCUT2D eigenvalue weighted by Crippen LogP contribution is 2.29. The molecule has 1 heterocycles. The zero-order chi connectivity index (χ0) is 22.4. The third-order valence-electron chi connectivity index (χ3n) is 4.62. The van der Waals surface area contributed by atoms with Gasteiger partial charge in [-0.3, -0.25) is 9.10 Å². The van der Waals surface area contributed by atoms with Gasteiger partial charge in [0.25, 0.3) is 15.9 Å². The molecule has 31 heavy (non-hydrogen) atoms. The molecular weight excluding hydrogens is 436 g/mol. The number of nitrogens with one attached hydrogen (secondary N) is 1. The van der Waals surface area contributed by atoms with Gasteiger partial charge in [0.2, 0.25) is 0 Å². The van der Waals surface area contributed by atoms with Crippen molar-refractivity contribution in [1.82, 2.24) is 5.32 Å². The Labute approximate surface area is 186 Å². The SMILES string of the molecule is CCOc1ccc(N(C)S(=O)(=O)c2ccsc2C(=O)NCc2ccccc2OC)cc1. The lowest BCUT2D eigenvalue weighted by atomic mass is 10.2. The molecule has 3 rings (SSSR count). The molecule has 7 nitrogen and oxygen atoms in total. The normalized spacial score (nSPS) is 11.1. The predicted octanol–water partition coefficient (Wildman–Crippen LogP) is 3.91. The second kappa shape index (κ2) is 9.84. The number of anilines is 1. The fourth-order valence-electron chi connectivity index (χ4n) is 2.98. The summed E-state index contributed by atoms with van der Waals surface area (Å²) < 4.78 is 38.3. The second-order valence-electron chi connectivity index (χ2n) is 6.51. The van der Waals surface area contributed by atoms with Gasteiger partial charge in [-0.1, -0.05) is 18.2 Å². The highest BCUT2D eigenvalue weighted by molar-refractivity contribution is 7.93. The van der Waals surface area contributed by atoms with Crippen LogP contribution in [0.15, 0.2) is 64.9 Å². The van der Waals surface area contributed by atoms with Crippen LogP contribution in [0.1, 0.15) is 22.2 Å². The van der Waals surface area contributed by atoms with E-state index in [0.29, 0.717) is 23.8 Å². The summed E-state index contributed by atoms with van der Waals surface area (Å²) in [6, 6.07) is 15.5. The number of hydrogen-bond acceptors (Lipinski definition) is 6. The van der Waals surface area contributed by atoms with Gasteiger partial charge < -0.3 is 14.8 Å². The number of carbonyl (C=O) groups excluding carboxylic acids is 1. The highest BCUT2D eigenvalue weighted by Gasteiger charge is 2.28. The first-order valence-corrected chi connectivity index (χ1v) is 11.9. The third-order valence-corrected chi connectivity index (χ3v) is 7.49. The van der Waals surface area contributed by atoms with Crippen LogP contribution in [0.25, 0.3) is 0 Å². The van der Waals surface area contributed by atoms with Crippen molar-refractivity contribution in [3.05, 3.63) is 70.4 Å². The summed E-state index contributed by atoms with van der Waals surface area (Å²) in [5.41, 5.74) is 1.26. The van der Waals surface area contributed by atoms with E-state index in [1.807, 2.05) is 25.1 Å². The van der Waals surface area contributed by atoms with Crippen molar-refractivity contribution in [2.24, 2.45) is 0 Å². The maximum absolute atomic E-state index is 13.2. The molecule has 0 bridgehead atoms. The number of benzene rings is 2. The Morgan fingerprint density at radius 3 is 2.48 bits per heavy atom. The lowest BCUT2D eigenvalue weighted by Crippen LogP contribution is -2.29. The number of ether oxygens (including phenoxy) is 2. The second-order valence-corrected chi connectivity index (χ2v) is 9.36. The fourth-order valence-corrected chi connectivity index (χ4v) is 5.49. The molecule has 1 N–H and O–H groups in total. The van der Waals surface area contributed by atoms with Crippen molar-refractivity contribution >= 4 is 33.0 Å². The summed E-state index contributed by atoms with van der Waals surface area (Å²) in [5, 5.41) is 4.37. The Kier molecular flexibility index (Phi) is 7.19. The first-order valence-electron chi connectivity index (χ1n) is 9.57. The van der Waals surface area contributed by atoms with E-state index in [2.05, 4.69) is 5.32 Å². The van der Waals surface area contributed by atoms with Crippen LogP contribution in [0.4, 0.5) is 5.69 Å². The number of sulfonamides is 1. The van der Waals surface area contributed by atoms with E-state index in [9.17, 15) is 13.2 Å². The Hall–Kier alpha value is -3.04. The van der Waals surface area contributed by atoms with Gasteiger partial charge in [-0.05, 0) is 48.7 Å². The van der Waals surface area contributed by atoms with Gasteiger partial charge in [0.15, 0.2) is 0 Å². The molecule has 9 heteroatoms. The smallest absolute Gasteiger partial charge is 0.265 e. The van der Waals surface area contributed by atoms with Crippen LogP contribution in [0.2, 0.25) is 0 Å². The number of carbonyl (C=O) groups is 1. The van der Waals surface area contributed by atoms with E-state index in [0.717, 1.165) is 21.2 Å². The first-order chi connectivity index (χ1) is 14.9. The molecule has 1 amide bonds. The van der Waals surface area contributed by atoms with Gasteiger partial charge in [0.05, 0.1) is 19.4 Å². The minimum absolute atomic E-state index is 0.0357. The van der Waals surface area contributed by atoms with Crippen molar-refractivity contribution in [3.63, 3.8) is 0 Å². The Morgan fingerprint density at radius 1 is 1.10 bits per heavy atom. The maximum atomic E-state index is 13.2. The van der Waals surface area contributed by atoms with Gasteiger partial charge in [-0.2, -0.15) is 0 Å². The molecule has 0 fully saturated rings. The van der Waals surface area contributed by atoms with Crippen molar-refractivity contribution in [2.45, 2.75) is 18.4 Å². The molecule has 0 atom stereocenters. The summed E-state index contributed by atoms with van der Waals surface area (Å²) >= 11 is 1.08. The van der Waals surface area contributed by atoms with Crippen LogP contribution < -0.4 is 19.1 Å². The number of nitrogens with zero attached hydrogens (tertiary/aromatic N) is 1. The summed E-state index contributed by atoms with van der Waals surface area (Å²) in [5.74, 6) is 0.848. The molecule has 0 radical (unpaired) electrons. The van der Waals surface area contributed by atoms with Crippen LogP contribution in [0.3, 0.4) is 0 Å². The maximum Gasteiger partial charge on any atom is 0.265 e. The van der Waals surface area contributed by atoms with Crippen LogP contribution in [-0.2, 0) is 16.6 Å². The van der Waals surface area contributed by atoms with E-state index in [1.54, 1.807) is 42.8 Å². The van der Waals surface area contributed by atoms with Crippen LogP contribution in [0.5, 0.6) is 11.5 Å². The van der Waals surface area contributed by atoms with E-state index < -0.39 is 15.9 Å². The molecule has 164 valence electrons. The Morgan fingerprint density at radius 2 is 1.81 bits per heavy atom. The molecule has 0 aliphatic rings. The van der Waals surface area contributed by atoms with Gasteiger partial charge in [-0.25, -0.2) is 8.42 Å². The minimum Gasteiger partial charge on any atom is -0.496 e. The molecule has 0 aliphatic heterocycles. The van der Waals surface area contributed by atoms with Gasteiger partial charge in [-0.15, -0.1) is 11.3 Å². The average molecular weight is 461 g/mol. The largest absolute Gasteiger partial charge is 0.496 e. The number of para-hydroxylation sites is 1. The quantitative estimate of drug-likeness (QED) is 0.523. The molecule has 0 unspecified atom stereocenters. The van der Waals surface area contributed by atoms with Crippen molar-refractivity contribution in [1.29, 1.82) is 0 Å². The predicted molar refractivity (Wildman–Crippen MR) is 122 cm³/mol. The van der Waals surface area contributed by atoms with E-state index in [1.165, 1.54) is 13.1 Å². The summed E-state index contributed by atoms with van der Waals surface area (Å²) in [6.07, 6.45) is 0. The highest BCUT2D eigenvalue weighted by atomic mass is 32.2. The van der Waals surface area contributed by atoms with Crippen LogP contribution in [0, 0.1) is 0 Å². The number of amides is 1. The summed E-state index contributed by atoms with van der Waals surface area (Å²) in [6.45, 7) is 2.62. The van der Waals surface area contributed by atoms with Gasteiger partial charge in [0, 0.05) is 19.2 Å². The molecule has 0 aliphatic carbocycles. The van der Waals surface area contributed by atoms with Crippen molar-refractivity contribution in [2.75, 3.05) is 25.1 Å². The number of hydrogen-bond donors (Lipinski definition) is 1. The van der Waals surface area contributed by atoms with Crippen molar-refractivity contribution < 1.29 is 22.7 Å². The lowest BCUT2D eigenvalue weighted by molar-refractivity contribution is 0.0952. The third kappa shape index (κ3) is 5.00. The standard InChI is InChI=1S/C22H24N2O5S2/c1-4-29-18-11-9-17(10-12-18)24(2)31(26,27)20-13-14-30-21(20)22(25)23-15-16-7-5-6-8-19(16)28-3/h5-14H,4,15H2,1-3H3,(H,23,25). The Balaban J connectivity index is 1.79. The number of methoxy groups -OCH3 is 1. The molecule has 2 aromatic carbocycles.